The lowest BCUT2D eigenvalue weighted by atomic mass is 9.95. The Hall–Kier alpha value is -0.830. The van der Waals surface area contributed by atoms with Crippen molar-refractivity contribution in [2.75, 3.05) is 26.7 Å². The van der Waals surface area contributed by atoms with Gasteiger partial charge in [0.1, 0.15) is 0 Å². The van der Waals surface area contributed by atoms with Gasteiger partial charge in [-0.1, -0.05) is 41.9 Å². The molecular formula is C20H27ClIN3OS. The van der Waals surface area contributed by atoms with Crippen LogP contribution in [-0.4, -0.2) is 37.6 Å². The molecule has 148 valence electrons. The van der Waals surface area contributed by atoms with Gasteiger partial charge in [-0.2, -0.15) is 0 Å². The molecule has 0 bridgehead atoms. The summed E-state index contributed by atoms with van der Waals surface area (Å²) >= 11 is 7.66. The van der Waals surface area contributed by atoms with E-state index in [2.05, 4.69) is 54.5 Å². The first kappa shape index (κ1) is 22.5. The topological polar surface area (TPSA) is 36.9 Å². The van der Waals surface area contributed by atoms with Crippen LogP contribution >= 0.6 is 46.9 Å². The number of thiophene rings is 1. The van der Waals surface area contributed by atoms with Gasteiger partial charge in [0, 0.05) is 37.5 Å². The highest BCUT2D eigenvalue weighted by Crippen LogP contribution is 2.34. The molecule has 0 amide bonds. The molecule has 4 nitrogen and oxygen atoms in total. The Kier molecular flexibility index (Phi) is 9.35. The van der Waals surface area contributed by atoms with Crippen molar-refractivity contribution in [2.24, 2.45) is 10.9 Å². The summed E-state index contributed by atoms with van der Waals surface area (Å²) in [6.07, 6.45) is 1.19. The molecule has 7 heteroatoms. The lowest BCUT2D eigenvalue weighted by Gasteiger charge is -2.23. The second-order valence-corrected chi connectivity index (χ2v) is 8.31. The fourth-order valence-electron chi connectivity index (χ4n) is 3.25. The average molecular weight is 520 g/mol. The number of ether oxygens (including phenoxy) is 1. The molecule has 2 heterocycles. The number of benzene rings is 1. The predicted molar refractivity (Wildman–Crippen MR) is 125 cm³/mol. The summed E-state index contributed by atoms with van der Waals surface area (Å²) in [6, 6.07) is 14.5. The number of guanidine groups is 1. The summed E-state index contributed by atoms with van der Waals surface area (Å²) in [4.78, 5) is 8.28. The number of hydrogen-bond acceptors (Lipinski definition) is 3. The van der Waals surface area contributed by atoms with Crippen molar-refractivity contribution in [3.63, 3.8) is 0 Å². The van der Waals surface area contributed by atoms with E-state index in [1.54, 1.807) is 11.3 Å². The quantitative estimate of drug-likeness (QED) is 0.324. The van der Waals surface area contributed by atoms with Crippen LogP contribution in [0.4, 0.5) is 0 Å². The molecule has 1 N–H and O–H groups in total. The minimum Gasteiger partial charge on any atom is -0.373 e. The summed E-state index contributed by atoms with van der Waals surface area (Å²) in [5.74, 6) is 1.34. The van der Waals surface area contributed by atoms with Gasteiger partial charge in [-0.05, 0) is 31.0 Å². The highest BCUT2D eigenvalue weighted by atomic mass is 127. The highest BCUT2D eigenvalue weighted by Gasteiger charge is 2.29. The summed E-state index contributed by atoms with van der Waals surface area (Å²) in [6.45, 7) is 5.30. The van der Waals surface area contributed by atoms with E-state index in [4.69, 9.17) is 21.3 Å². The van der Waals surface area contributed by atoms with E-state index in [-0.39, 0.29) is 30.1 Å². The second-order valence-electron chi connectivity index (χ2n) is 6.51. The van der Waals surface area contributed by atoms with E-state index in [1.165, 1.54) is 10.4 Å². The molecule has 3 rings (SSSR count). The van der Waals surface area contributed by atoms with E-state index >= 15 is 0 Å². The summed E-state index contributed by atoms with van der Waals surface area (Å²) in [5.41, 5.74) is 1.25. The van der Waals surface area contributed by atoms with Crippen LogP contribution < -0.4 is 5.32 Å². The fourth-order valence-corrected chi connectivity index (χ4v) is 4.39. The maximum absolute atomic E-state index is 6.05. The van der Waals surface area contributed by atoms with Crippen LogP contribution in [0.25, 0.3) is 0 Å². The number of nitrogens with one attached hydrogen (secondary N) is 1. The lowest BCUT2D eigenvalue weighted by molar-refractivity contribution is 0.0925. The third-order valence-electron chi connectivity index (χ3n) is 4.54. The molecule has 1 fully saturated rings. The molecule has 1 aliphatic heterocycles. The summed E-state index contributed by atoms with van der Waals surface area (Å²) in [5, 5.41) is 3.39. The van der Waals surface area contributed by atoms with Crippen molar-refractivity contribution in [2.45, 2.75) is 26.0 Å². The molecule has 1 aromatic carbocycles. The molecule has 0 aliphatic carbocycles. The van der Waals surface area contributed by atoms with Crippen LogP contribution in [0, 0.1) is 5.92 Å². The van der Waals surface area contributed by atoms with Crippen molar-refractivity contribution in [3.8, 4) is 0 Å². The third kappa shape index (κ3) is 6.34. The van der Waals surface area contributed by atoms with E-state index in [0.717, 1.165) is 43.0 Å². The summed E-state index contributed by atoms with van der Waals surface area (Å²) < 4.78 is 6.81. The van der Waals surface area contributed by atoms with Gasteiger partial charge in [0.15, 0.2) is 5.96 Å². The monoisotopic (exact) mass is 519 g/mol. The molecule has 0 saturated carbocycles. The SMILES string of the molecule is CCNC(=NCC1CCOC1c1ccccc1)N(C)Cc1ccc(Cl)s1.I. The van der Waals surface area contributed by atoms with Crippen molar-refractivity contribution < 1.29 is 4.74 Å². The largest absolute Gasteiger partial charge is 0.373 e. The molecule has 0 spiro atoms. The van der Waals surface area contributed by atoms with Crippen molar-refractivity contribution in [3.05, 3.63) is 57.2 Å². The molecular weight excluding hydrogens is 493 g/mol. The van der Waals surface area contributed by atoms with Crippen LogP contribution in [-0.2, 0) is 11.3 Å². The second kappa shape index (κ2) is 11.2. The number of aliphatic imine (C=N–C) groups is 1. The molecule has 1 saturated heterocycles. The van der Waals surface area contributed by atoms with Gasteiger partial charge < -0.3 is 15.0 Å². The maximum atomic E-state index is 6.05. The van der Waals surface area contributed by atoms with E-state index in [1.807, 2.05) is 12.1 Å². The Morgan fingerprint density at radius 2 is 2.07 bits per heavy atom. The zero-order valence-electron chi connectivity index (χ0n) is 15.7. The van der Waals surface area contributed by atoms with E-state index < -0.39 is 0 Å². The van der Waals surface area contributed by atoms with Crippen LogP contribution in [0.2, 0.25) is 4.34 Å². The van der Waals surface area contributed by atoms with E-state index in [0.29, 0.717) is 5.92 Å². The van der Waals surface area contributed by atoms with Crippen LogP contribution in [0.15, 0.2) is 47.5 Å². The van der Waals surface area contributed by atoms with Gasteiger partial charge in [0.05, 0.1) is 17.0 Å². The normalized spacial score (nSPS) is 19.6. The minimum atomic E-state index is 0. The number of nitrogens with zero attached hydrogens (tertiary/aromatic N) is 2. The number of halogens is 2. The predicted octanol–water partition coefficient (Wildman–Crippen LogP) is 5.19. The molecule has 1 aromatic heterocycles. The zero-order chi connectivity index (χ0) is 18.4. The maximum Gasteiger partial charge on any atom is 0.193 e. The molecule has 2 atom stereocenters. The Morgan fingerprint density at radius 3 is 2.74 bits per heavy atom. The molecule has 2 aromatic rings. The number of rotatable bonds is 6. The fraction of sp³-hybridized carbons (Fsp3) is 0.450. The van der Waals surface area contributed by atoms with Crippen LogP contribution in [0.3, 0.4) is 0 Å². The average Bonchev–Trinajstić information content (AvgIpc) is 3.28. The Morgan fingerprint density at radius 1 is 1.30 bits per heavy atom. The first-order valence-corrected chi connectivity index (χ1v) is 10.3. The lowest BCUT2D eigenvalue weighted by Crippen LogP contribution is -2.38. The van der Waals surface area contributed by atoms with Gasteiger partial charge in [0.25, 0.3) is 0 Å². The van der Waals surface area contributed by atoms with Crippen LogP contribution in [0.1, 0.15) is 29.9 Å². The van der Waals surface area contributed by atoms with Gasteiger partial charge in [0.2, 0.25) is 0 Å². The Labute approximate surface area is 188 Å². The van der Waals surface area contributed by atoms with Crippen LogP contribution in [0.5, 0.6) is 0 Å². The van der Waals surface area contributed by atoms with Gasteiger partial charge in [-0.15, -0.1) is 35.3 Å². The van der Waals surface area contributed by atoms with Gasteiger partial charge >= 0.3 is 0 Å². The standard InChI is InChI=1S/C20H26ClN3OS.HI/c1-3-22-20(24(2)14-17-9-10-18(21)26-17)23-13-16-11-12-25-19(16)15-7-5-4-6-8-15;/h4-10,16,19H,3,11-14H2,1-2H3,(H,22,23);1H. The van der Waals surface area contributed by atoms with Crippen molar-refractivity contribution in [1.82, 2.24) is 10.2 Å². The Balaban J connectivity index is 0.00000261. The molecule has 0 radical (unpaired) electrons. The molecule has 1 aliphatic rings. The van der Waals surface area contributed by atoms with Gasteiger partial charge in [-0.25, -0.2) is 0 Å². The number of hydrogen-bond donors (Lipinski definition) is 1. The first-order valence-electron chi connectivity index (χ1n) is 9.07. The highest BCUT2D eigenvalue weighted by molar-refractivity contribution is 14.0. The zero-order valence-corrected chi connectivity index (χ0v) is 19.6. The van der Waals surface area contributed by atoms with E-state index in [9.17, 15) is 0 Å². The smallest absolute Gasteiger partial charge is 0.193 e. The van der Waals surface area contributed by atoms with Crippen molar-refractivity contribution >= 4 is 52.9 Å². The Bertz CT molecular complexity index is 725. The molecule has 2 unspecified atom stereocenters. The van der Waals surface area contributed by atoms with Gasteiger partial charge in [-0.3, -0.25) is 4.99 Å². The first-order chi connectivity index (χ1) is 12.7. The van der Waals surface area contributed by atoms with Crippen molar-refractivity contribution in [1.29, 1.82) is 0 Å². The summed E-state index contributed by atoms with van der Waals surface area (Å²) in [7, 11) is 2.06. The third-order valence-corrected chi connectivity index (χ3v) is 5.75. The molecule has 27 heavy (non-hydrogen) atoms. The minimum absolute atomic E-state index is 0.